The van der Waals surface area contributed by atoms with Crippen LogP contribution in [0.5, 0.6) is 0 Å². The van der Waals surface area contributed by atoms with Crippen molar-refractivity contribution in [3.63, 3.8) is 0 Å². The second-order valence-electron chi connectivity index (χ2n) is 3.87. The molecule has 2 rings (SSSR count). The van der Waals surface area contributed by atoms with E-state index in [1.807, 2.05) is 0 Å². The van der Waals surface area contributed by atoms with Gasteiger partial charge in [0.1, 0.15) is 11.0 Å². The van der Waals surface area contributed by atoms with Gasteiger partial charge in [-0.25, -0.2) is 9.37 Å². The Bertz CT molecular complexity index is 562. The number of hydrogen-bond acceptors (Lipinski definition) is 2. The minimum absolute atomic E-state index is 0.219. The highest BCUT2D eigenvalue weighted by atomic mass is 35.5. The first-order chi connectivity index (χ1) is 8.56. The van der Waals surface area contributed by atoms with Crippen LogP contribution >= 0.6 is 23.2 Å². The molecule has 0 saturated carbocycles. The number of aromatic nitrogens is 1. The summed E-state index contributed by atoms with van der Waals surface area (Å²) >= 11 is 11.7. The van der Waals surface area contributed by atoms with E-state index in [0.29, 0.717) is 21.3 Å². The van der Waals surface area contributed by atoms with Crippen LogP contribution in [-0.2, 0) is 6.42 Å². The van der Waals surface area contributed by atoms with Crippen LogP contribution < -0.4 is 0 Å². The second kappa shape index (κ2) is 5.65. The van der Waals surface area contributed by atoms with Crippen LogP contribution in [0.15, 0.2) is 36.5 Å². The summed E-state index contributed by atoms with van der Waals surface area (Å²) in [6.45, 7) is 0. The molecule has 2 nitrogen and oxygen atoms in total. The largest absolute Gasteiger partial charge is 0.388 e. The van der Waals surface area contributed by atoms with Gasteiger partial charge in [0.05, 0.1) is 6.10 Å². The predicted octanol–water partition coefficient (Wildman–Crippen LogP) is 3.80. The fourth-order valence-electron chi connectivity index (χ4n) is 1.65. The van der Waals surface area contributed by atoms with E-state index >= 15 is 0 Å². The van der Waals surface area contributed by atoms with Crippen molar-refractivity contribution in [1.29, 1.82) is 0 Å². The van der Waals surface area contributed by atoms with E-state index in [2.05, 4.69) is 4.98 Å². The van der Waals surface area contributed by atoms with Crippen molar-refractivity contribution in [1.82, 2.24) is 4.98 Å². The van der Waals surface area contributed by atoms with E-state index in [1.165, 1.54) is 24.4 Å². The van der Waals surface area contributed by atoms with Crippen LogP contribution in [0.25, 0.3) is 0 Å². The van der Waals surface area contributed by atoms with Crippen molar-refractivity contribution < 1.29 is 9.50 Å². The lowest BCUT2D eigenvalue weighted by molar-refractivity contribution is 0.178. The highest BCUT2D eigenvalue weighted by molar-refractivity contribution is 6.31. The molecule has 5 heteroatoms. The van der Waals surface area contributed by atoms with Gasteiger partial charge in [0, 0.05) is 17.6 Å². The lowest BCUT2D eigenvalue weighted by atomic mass is 10.0. The predicted molar refractivity (Wildman–Crippen MR) is 69.3 cm³/mol. The maximum absolute atomic E-state index is 13.1. The molecular weight excluding hydrogens is 276 g/mol. The number of hydrogen-bond donors (Lipinski definition) is 1. The molecule has 1 heterocycles. The maximum Gasteiger partial charge on any atom is 0.129 e. The van der Waals surface area contributed by atoms with Gasteiger partial charge < -0.3 is 5.11 Å². The third kappa shape index (κ3) is 3.19. The van der Waals surface area contributed by atoms with E-state index in [0.717, 1.165) is 0 Å². The summed E-state index contributed by atoms with van der Waals surface area (Å²) in [5, 5.41) is 10.8. The third-order valence-corrected chi connectivity index (χ3v) is 3.13. The van der Waals surface area contributed by atoms with E-state index in [-0.39, 0.29) is 12.2 Å². The van der Waals surface area contributed by atoms with E-state index in [9.17, 15) is 9.50 Å². The second-order valence-corrected chi connectivity index (χ2v) is 4.66. The summed E-state index contributed by atoms with van der Waals surface area (Å²) in [6.07, 6.45) is 0.926. The lowest BCUT2D eigenvalue weighted by Crippen LogP contribution is -2.03. The Morgan fingerprint density at radius 1 is 1.22 bits per heavy atom. The minimum atomic E-state index is -0.801. The molecule has 1 unspecified atom stereocenters. The normalized spacial score (nSPS) is 12.4. The average Bonchev–Trinajstić information content (AvgIpc) is 2.34. The first kappa shape index (κ1) is 13.3. The lowest BCUT2D eigenvalue weighted by Gasteiger charge is -2.12. The van der Waals surface area contributed by atoms with E-state index in [4.69, 9.17) is 23.2 Å². The number of aliphatic hydroxyl groups is 1. The molecule has 0 fully saturated rings. The van der Waals surface area contributed by atoms with Crippen LogP contribution in [0.4, 0.5) is 4.39 Å². The Morgan fingerprint density at radius 2 is 2.00 bits per heavy atom. The molecule has 94 valence electrons. The molecule has 0 bridgehead atoms. The van der Waals surface area contributed by atoms with Crippen molar-refractivity contribution in [2.45, 2.75) is 12.5 Å². The highest BCUT2D eigenvalue weighted by Gasteiger charge is 2.12. The fraction of sp³-hybridized carbons (Fsp3) is 0.154. The van der Waals surface area contributed by atoms with Crippen LogP contribution in [0.1, 0.15) is 17.2 Å². The molecule has 1 atom stereocenters. The van der Waals surface area contributed by atoms with Crippen molar-refractivity contribution in [2.24, 2.45) is 0 Å². The van der Waals surface area contributed by atoms with E-state index in [1.54, 1.807) is 12.1 Å². The summed E-state index contributed by atoms with van der Waals surface area (Å²) in [5.41, 5.74) is 1.17. The van der Waals surface area contributed by atoms with Gasteiger partial charge in [-0.2, -0.15) is 0 Å². The minimum Gasteiger partial charge on any atom is -0.388 e. The number of halogens is 3. The smallest absolute Gasteiger partial charge is 0.129 e. The molecule has 1 aromatic carbocycles. The van der Waals surface area contributed by atoms with Gasteiger partial charge in [-0.15, -0.1) is 0 Å². The molecule has 0 radical (unpaired) electrons. The van der Waals surface area contributed by atoms with Gasteiger partial charge in [-0.3, -0.25) is 0 Å². The molecule has 0 saturated heterocycles. The van der Waals surface area contributed by atoms with Crippen LogP contribution in [-0.4, -0.2) is 10.1 Å². The van der Waals surface area contributed by atoms with Crippen LogP contribution in [0.2, 0.25) is 10.2 Å². The quantitative estimate of drug-likeness (QED) is 0.870. The maximum atomic E-state index is 13.1. The fourth-order valence-corrected chi connectivity index (χ4v) is 2.03. The Balaban J connectivity index is 2.21. The zero-order chi connectivity index (χ0) is 13.1. The molecule has 0 aliphatic carbocycles. The molecule has 1 aromatic heterocycles. The number of nitrogens with zero attached hydrogens (tertiary/aromatic N) is 1. The van der Waals surface area contributed by atoms with Gasteiger partial charge in [0.2, 0.25) is 0 Å². The SMILES string of the molecule is OC(Cc1cc(F)ccc1Cl)c1ccnc(Cl)c1. The van der Waals surface area contributed by atoms with E-state index < -0.39 is 6.10 Å². The molecule has 0 aliphatic rings. The number of pyridine rings is 1. The third-order valence-electron chi connectivity index (χ3n) is 2.56. The molecule has 0 aliphatic heterocycles. The zero-order valence-electron chi connectivity index (χ0n) is 9.28. The average molecular weight is 286 g/mol. The van der Waals surface area contributed by atoms with Gasteiger partial charge in [-0.1, -0.05) is 23.2 Å². The van der Waals surface area contributed by atoms with Gasteiger partial charge in [0.25, 0.3) is 0 Å². The van der Waals surface area contributed by atoms with Crippen molar-refractivity contribution in [2.75, 3.05) is 0 Å². The Labute approximate surface area is 114 Å². The first-order valence-electron chi connectivity index (χ1n) is 5.29. The summed E-state index contributed by atoms with van der Waals surface area (Å²) < 4.78 is 13.1. The monoisotopic (exact) mass is 285 g/mol. The molecule has 0 spiro atoms. The van der Waals surface area contributed by atoms with Gasteiger partial charge in [0.15, 0.2) is 0 Å². The first-order valence-corrected chi connectivity index (χ1v) is 6.05. The van der Waals surface area contributed by atoms with Crippen molar-refractivity contribution >= 4 is 23.2 Å². The molecule has 0 amide bonds. The van der Waals surface area contributed by atoms with Crippen molar-refractivity contribution in [3.05, 3.63) is 63.6 Å². The number of rotatable bonds is 3. The number of benzene rings is 1. The highest BCUT2D eigenvalue weighted by Crippen LogP contribution is 2.25. The topological polar surface area (TPSA) is 33.1 Å². The summed E-state index contributed by atoms with van der Waals surface area (Å²) in [6, 6.07) is 7.29. The molecule has 2 aromatic rings. The van der Waals surface area contributed by atoms with Gasteiger partial charge >= 0.3 is 0 Å². The molecule has 18 heavy (non-hydrogen) atoms. The summed E-state index contributed by atoms with van der Waals surface area (Å²) in [4.78, 5) is 3.83. The Kier molecular flexibility index (Phi) is 4.17. The van der Waals surface area contributed by atoms with Crippen LogP contribution in [0.3, 0.4) is 0 Å². The van der Waals surface area contributed by atoms with Gasteiger partial charge in [-0.05, 0) is 41.5 Å². The number of aliphatic hydroxyl groups excluding tert-OH is 1. The van der Waals surface area contributed by atoms with Crippen LogP contribution in [0, 0.1) is 5.82 Å². The zero-order valence-corrected chi connectivity index (χ0v) is 10.8. The Morgan fingerprint density at radius 3 is 2.72 bits per heavy atom. The molecular formula is C13H10Cl2FNO. The Hall–Kier alpha value is -1.16. The standard InChI is InChI=1S/C13H10Cl2FNO/c14-11-2-1-10(16)5-9(11)6-12(18)8-3-4-17-13(15)7-8/h1-5,7,12,18H,6H2. The molecule has 1 N–H and O–H groups in total. The summed E-state index contributed by atoms with van der Waals surface area (Å²) in [5.74, 6) is -0.380. The summed E-state index contributed by atoms with van der Waals surface area (Å²) in [7, 11) is 0. The van der Waals surface area contributed by atoms with Crippen molar-refractivity contribution in [3.8, 4) is 0 Å².